The predicted molar refractivity (Wildman–Crippen MR) is 88.8 cm³/mol. The Bertz CT molecular complexity index is 775. The first-order valence-electron chi connectivity index (χ1n) is 7.89. The second-order valence-corrected chi connectivity index (χ2v) is 8.46. The summed E-state index contributed by atoms with van der Waals surface area (Å²) >= 11 is 0. The number of hydrogen-bond donors (Lipinski definition) is 1. The molecule has 2 aliphatic heterocycles. The highest BCUT2D eigenvalue weighted by Gasteiger charge is 2.32. The summed E-state index contributed by atoms with van der Waals surface area (Å²) in [7, 11) is -3.00. The molecule has 0 aromatic heterocycles. The molecule has 8 heteroatoms. The number of benzene rings is 1. The second-order valence-electron chi connectivity index (χ2n) is 6.16. The van der Waals surface area contributed by atoms with Crippen LogP contribution in [0.25, 0.3) is 0 Å². The van der Waals surface area contributed by atoms with Gasteiger partial charge in [0.15, 0.2) is 9.84 Å². The number of nitrogens with zero attached hydrogens (tertiary/aromatic N) is 1. The summed E-state index contributed by atoms with van der Waals surface area (Å²) in [5.74, 6) is 0.138. The van der Waals surface area contributed by atoms with Gasteiger partial charge in [-0.1, -0.05) is 6.07 Å². The molecule has 0 radical (unpaired) electrons. The average Bonchev–Trinajstić information content (AvgIpc) is 2.82. The van der Waals surface area contributed by atoms with Crippen molar-refractivity contribution >= 4 is 27.5 Å². The van der Waals surface area contributed by atoms with Crippen molar-refractivity contribution in [2.24, 2.45) is 0 Å². The predicted octanol–water partition coefficient (Wildman–Crippen LogP) is 0.661. The van der Waals surface area contributed by atoms with E-state index in [2.05, 4.69) is 5.32 Å². The lowest BCUT2D eigenvalue weighted by Crippen LogP contribution is -2.33. The Labute approximate surface area is 140 Å². The quantitative estimate of drug-likeness (QED) is 0.863. The molecule has 1 unspecified atom stereocenters. The molecule has 2 heterocycles. The molecule has 1 saturated heterocycles. The number of carbonyl (C=O) groups is 2. The van der Waals surface area contributed by atoms with Crippen molar-refractivity contribution in [3.8, 4) is 0 Å². The van der Waals surface area contributed by atoms with E-state index in [4.69, 9.17) is 4.74 Å². The first-order chi connectivity index (χ1) is 11.3. The summed E-state index contributed by atoms with van der Waals surface area (Å²) in [4.78, 5) is 24.5. The monoisotopic (exact) mass is 352 g/mol. The van der Waals surface area contributed by atoms with E-state index in [0.29, 0.717) is 25.1 Å². The minimum absolute atomic E-state index is 0.138. The Morgan fingerprint density at radius 2 is 2.00 bits per heavy atom. The van der Waals surface area contributed by atoms with E-state index in [1.165, 1.54) is 11.8 Å². The minimum atomic E-state index is -3.00. The van der Waals surface area contributed by atoms with E-state index in [1.807, 2.05) is 18.2 Å². The van der Waals surface area contributed by atoms with Gasteiger partial charge >= 0.3 is 6.09 Å². The number of sulfone groups is 1. The third kappa shape index (κ3) is 3.69. The van der Waals surface area contributed by atoms with Crippen LogP contribution in [0, 0.1) is 0 Å². The largest absolute Gasteiger partial charge is 0.442 e. The molecular weight excluding hydrogens is 332 g/mol. The third-order valence-electron chi connectivity index (χ3n) is 4.32. The van der Waals surface area contributed by atoms with Crippen molar-refractivity contribution in [1.82, 2.24) is 5.32 Å². The summed E-state index contributed by atoms with van der Waals surface area (Å²) in [6.07, 6.45) is 0.129. The van der Waals surface area contributed by atoms with E-state index in [9.17, 15) is 18.0 Å². The van der Waals surface area contributed by atoms with Gasteiger partial charge in [0.25, 0.3) is 0 Å². The zero-order chi connectivity index (χ0) is 17.3. The molecule has 1 aromatic carbocycles. The number of amides is 2. The van der Waals surface area contributed by atoms with Crippen molar-refractivity contribution in [3.63, 3.8) is 0 Å². The summed E-state index contributed by atoms with van der Waals surface area (Å²) in [6.45, 7) is 2.05. The highest BCUT2D eigenvalue weighted by molar-refractivity contribution is 7.91. The van der Waals surface area contributed by atoms with E-state index >= 15 is 0 Å². The van der Waals surface area contributed by atoms with Crippen LogP contribution in [0.5, 0.6) is 0 Å². The molecule has 2 amide bonds. The van der Waals surface area contributed by atoms with E-state index in [-0.39, 0.29) is 30.1 Å². The lowest BCUT2D eigenvalue weighted by atomic mass is 10.0. The number of carbonyl (C=O) groups excluding carboxylic acids is 2. The topological polar surface area (TPSA) is 92.8 Å². The molecular formula is C16H20N2O5S. The molecule has 1 aromatic rings. The number of aryl methyl sites for hydroxylation is 2. The van der Waals surface area contributed by atoms with Gasteiger partial charge < -0.3 is 10.1 Å². The van der Waals surface area contributed by atoms with Crippen molar-refractivity contribution < 1.29 is 22.7 Å². The number of rotatable bonds is 3. The molecule has 1 N–H and O–H groups in total. The standard InChI is InChI=1S/C16H20N2O5S/c1-11(19)17-9-15-10-18(16(20)23-15)14-3-2-12-4-6-24(21,22)7-5-13(12)8-14/h2-3,8,15H,4-7,9-10H2,1H3,(H,17,19). The number of hydrogen-bond acceptors (Lipinski definition) is 5. The van der Waals surface area contributed by atoms with Crippen molar-refractivity contribution in [1.29, 1.82) is 0 Å². The van der Waals surface area contributed by atoms with Gasteiger partial charge in [-0.25, -0.2) is 13.2 Å². The van der Waals surface area contributed by atoms with Crippen LogP contribution >= 0.6 is 0 Å². The highest BCUT2D eigenvalue weighted by Crippen LogP contribution is 2.26. The normalized spacial score (nSPS) is 22.5. The van der Waals surface area contributed by atoms with Crippen molar-refractivity contribution in [2.45, 2.75) is 25.9 Å². The fourth-order valence-electron chi connectivity index (χ4n) is 2.99. The molecule has 0 saturated carbocycles. The van der Waals surface area contributed by atoms with Gasteiger partial charge in [-0.3, -0.25) is 9.69 Å². The zero-order valence-electron chi connectivity index (χ0n) is 13.4. The van der Waals surface area contributed by atoms with Gasteiger partial charge in [0.1, 0.15) is 6.10 Å². The molecule has 1 fully saturated rings. The number of cyclic esters (lactones) is 1. The number of ether oxygens (including phenoxy) is 1. The Morgan fingerprint density at radius 3 is 2.71 bits per heavy atom. The van der Waals surface area contributed by atoms with Gasteiger partial charge in [-0.05, 0) is 36.1 Å². The van der Waals surface area contributed by atoms with Crippen molar-refractivity contribution in [3.05, 3.63) is 29.3 Å². The Morgan fingerprint density at radius 1 is 1.29 bits per heavy atom. The summed E-state index contributed by atoms with van der Waals surface area (Å²) in [5, 5.41) is 2.64. The molecule has 0 bridgehead atoms. The number of fused-ring (bicyclic) bond motifs is 1. The van der Waals surface area contributed by atoms with Gasteiger partial charge in [-0.15, -0.1) is 0 Å². The van der Waals surface area contributed by atoms with Crippen LogP contribution in [0.1, 0.15) is 18.1 Å². The van der Waals surface area contributed by atoms with E-state index in [0.717, 1.165) is 11.1 Å². The van der Waals surface area contributed by atoms with Crippen LogP contribution in [0.15, 0.2) is 18.2 Å². The molecule has 0 aliphatic carbocycles. The van der Waals surface area contributed by atoms with Crippen LogP contribution < -0.4 is 10.2 Å². The fraction of sp³-hybridized carbons (Fsp3) is 0.500. The van der Waals surface area contributed by atoms with E-state index < -0.39 is 15.9 Å². The van der Waals surface area contributed by atoms with Gasteiger partial charge in [0, 0.05) is 12.6 Å². The molecule has 2 aliphatic rings. The number of nitrogens with one attached hydrogen (secondary N) is 1. The smallest absolute Gasteiger partial charge is 0.414 e. The van der Waals surface area contributed by atoms with Crippen molar-refractivity contribution in [2.75, 3.05) is 29.5 Å². The average molecular weight is 352 g/mol. The zero-order valence-corrected chi connectivity index (χ0v) is 14.3. The van der Waals surface area contributed by atoms with Crippen LogP contribution in [0.2, 0.25) is 0 Å². The molecule has 1 atom stereocenters. The van der Waals surface area contributed by atoms with Gasteiger partial charge in [-0.2, -0.15) is 0 Å². The first kappa shape index (κ1) is 16.8. The van der Waals surface area contributed by atoms with Gasteiger partial charge in [0.2, 0.25) is 5.91 Å². The molecule has 0 spiro atoms. The molecule has 7 nitrogen and oxygen atoms in total. The molecule has 130 valence electrons. The number of anilines is 1. The summed E-state index contributed by atoms with van der Waals surface area (Å²) in [6, 6.07) is 5.58. The SMILES string of the molecule is CC(=O)NCC1CN(c2ccc3c(c2)CCS(=O)(=O)CC3)C(=O)O1. The summed E-state index contributed by atoms with van der Waals surface area (Å²) < 4.78 is 28.8. The molecule has 3 rings (SSSR count). The maximum absolute atomic E-state index is 12.1. The fourth-order valence-corrected chi connectivity index (χ4v) is 4.25. The first-order valence-corrected chi connectivity index (χ1v) is 9.71. The third-order valence-corrected chi connectivity index (χ3v) is 5.97. The lowest BCUT2D eigenvalue weighted by molar-refractivity contribution is -0.119. The second kappa shape index (κ2) is 6.43. The van der Waals surface area contributed by atoms with Crippen LogP contribution in [0.3, 0.4) is 0 Å². The minimum Gasteiger partial charge on any atom is -0.442 e. The van der Waals surface area contributed by atoms with Crippen LogP contribution in [0.4, 0.5) is 10.5 Å². The van der Waals surface area contributed by atoms with E-state index in [1.54, 1.807) is 0 Å². The van der Waals surface area contributed by atoms with Gasteiger partial charge in [0.05, 0.1) is 24.6 Å². The van der Waals surface area contributed by atoms with Crippen LogP contribution in [-0.4, -0.2) is 51.1 Å². The highest BCUT2D eigenvalue weighted by atomic mass is 32.2. The summed E-state index contributed by atoms with van der Waals surface area (Å²) in [5.41, 5.74) is 2.68. The van der Waals surface area contributed by atoms with Crippen LogP contribution in [-0.2, 0) is 32.2 Å². The lowest BCUT2D eigenvalue weighted by Gasteiger charge is -2.15. The molecule has 24 heavy (non-hydrogen) atoms. The Hall–Kier alpha value is -2.09. The maximum Gasteiger partial charge on any atom is 0.414 e. The Balaban J connectivity index is 1.75. The Kier molecular flexibility index (Phi) is 4.49. The maximum atomic E-state index is 12.1.